The predicted molar refractivity (Wildman–Crippen MR) is 95.9 cm³/mol. The van der Waals surface area contributed by atoms with Crippen LogP contribution in [0.2, 0.25) is 0 Å². The molecule has 0 unspecified atom stereocenters. The lowest BCUT2D eigenvalue weighted by Gasteiger charge is -2.12. The number of anilines is 3. The fraction of sp³-hybridized carbons (Fsp3) is 0. The van der Waals surface area contributed by atoms with Crippen LogP contribution in [0.4, 0.5) is 17.2 Å². The minimum atomic E-state index is -0.0601. The summed E-state index contributed by atoms with van der Waals surface area (Å²) >= 11 is 3.37. The molecule has 2 aromatic carbocycles. The zero-order valence-corrected chi connectivity index (χ0v) is 13.7. The van der Waals surface area contributed by atoms with Crippen LogP contribution in [-0.2, 0) is 0 Å². The number of halogens is 1. The first-order valence-electron chi connectivity index (χ1n) is 7.02. The Kier molecular flexibility index (Phi) is 4.39. The Morgan fingerprint density at radius 3 is 2.48 bits per heavy atom. The molecular formula is C18H14BrN3O. The van der Waals surface area contributed by atoms with E-state index >= 15 is 0 Å². The standard InChI is InChI=1S/C18H14BrN3O/c19-13-9-7-12(8-10-13)17(23)14-4-1-2-6-16(14)22-18-15(20)5-3-11-21-18/h1-11H,20H2,(H,21,22). The van der Waals surface area contributed by atoms with Crippen molar-refractivity contribution in [3.63, 3.8) is 0 Å². The minimum Gasteiger partial charge on any atom is -0.396 e. The van der Waals surface area contributed by atoms with Gasteiger partial charge in [0.15, 0.2) is 11.6 Å². The summed E-state index contributed by atoms with van der Waals surface area (Å²) in [6, 6.07) is 18.1. The molecule has 4 nitrogen and oxygen atoms in total. The van der Waals surface area contributed by atoms with Crippen LogP contribution in [0.15, 0.2) is 71.3 Å². The highest BCUT2D eigenvalue weighted by atomic mass is 79.9. The van der Waals surface area contributed by atoms with Gasteiger partial charge in [-0.1, -0.05) is 28.1 Å². The number of rotatable bonds is 4. The summed E-state index contributed by atoms with van der Waals surface area (Å²) in [5, 5.41) is 3.14. The number of nitrogens with one attached hydrogen (secondary N) is 1. The summed E-state index contributed by atoms with van der Waals surface area (Å²) in [6.07, 6.45) is 1.65. The normalized spacial score (nSPS) is 10.3. The van der Waals surface area contributed by atoms with E-state index in [0.717, 1.165) is 4.47 Å². The summed E-state index contributed by atoms with van der Waals surface area (Å²) in [6.45, 7) is 0. The Balaban J connectivity index is 1.96. The number of aromatic nitrogens is 1. The lowest BCUT2D eigenvalue weighted by Crippen LogP contribution is -2.07. The van der Waals surface area contributed by atoms with Gasteiger partial charge >= 0.3 is 0 Å². The number of benzene rings is 2. The van der Waals surface area contributed by atoms with E-state index in [2.05, 4.69) is 26.2 Å². The predicted octanol–water partition coefficient (Wildman–Crippen LogP) is 4.40. The van der Waals surface area contributed by atoms with Crippen LogP contribution < -0.4 is 11.1 Å². The zero-order chi connectivity index (χ0) is 16.2. The largest absolute Gasteiger partial charge is 0.396 e. The molecule has 0 spiro atoms. The quantitative estimate of drug-likeness (QED) is 0.670. The van der Waals surface area contributed by atoms with Gasteiger partial charge in [-0.2, -0.15) is 0 Å². The van der Waals surface area contributed by atoms with Crippen molar-refractivity contribution in [3.05, 3.63) is 82.5 Å². The van der Waals surface area contributed by atoms with Crippen LogP contribution >= 0.6 is 15.9 Å². The van der Waals surface area contributed by atoms with Crippen molar-refractivity contribution in [1.29, 1.82) is 0 Å². The average molecular weight is 368 g/mol. The molecule has 0 saturated heterocycles. The van der Waals surface area contributed by atoms with Gasteiger partial charge in [0.2, 0.25) is 0 Å². The van der Waals surface area contributed by atoms with Gasteiger partial charge in [0.25, 0.3) is 0 Å². The van der Waals surface area contributed by atoms with E-state index in [1.807, 2.05) is 30.3 Å². The molecule has 3 rings (SSSR count). The number of hydrogen-bond donors (Lipinski definition) is 2. The van der Waals surface area contributed by atoms with Crippen molar-refractivity contribution in [2.45, 2.75) is 0 Å². The van der Waals surface area contributed by atoms with Crippen molar-refractivity contribution in [1.82, 2.24) is 4.98 Å². The van der Waals surface area contributed by atoms with Gasteiger partial charge in [0.1, 0.15) is 0 Å². The molecule has 1 aromatic heterocycles. The van der Waals surface area contributed by atoms with E-state index < -0.39 is 0 Å². The number of hydrogen-bond acceptors (Lipinski definition) is 4. The third-order valence-electron chi connectivity index (χ3n) is 3.37. The van der Waals surface area contributed by atoms with Crippen molar-refractivity contribution >= 4 is 38.9 Å². The zero-order valence-electron chi connectivity index (χ0n) is 12.2. The Labute approximate surface area is 142 Å². The molecule has 0 saturated carbocycles. The monoisotopic (exact) mass is 367 g/mol. The lowest BCUT2D eigenvalue weighted by atomic mass is 10.0. The van der Waals surface area contributed by atoms with Gasteiger partial charge in [-0.3, -0.25) is 4.79 Å². The van der Waals surface area contributed by atoms with Crippen LogP contribution in [0.25, 0.3) is 0 Å². The highest BCUT2D eigenvalue weighted by Gasteiger charge is 2.14. The summed E-state index contributed by atoms with van der Waals surface area (Å²) in [4.78, 5) is 17.0. The number of nitrogens with two attached hydrogens (primary N) is 1. The number of para-hydroxylation sites is 1. The maximum Gasteiger partial charge on any atom is 0.195 e. The molecule has 3 aromatic rings. The molecule has 114 valence electrons. The van der Waals surface area contributed by atoms with Gasteiger partial charge in [0, 0.05) is 21.8 Å². The van der Waals surface area contributed by atoms with Gasteiger partial charge in [-0.05, 0) is 48.5 Å². The molecule has 0 fully saturated rings. The maximum absolute atomic E-state index is 12.7. The molecule has 3 N–H and O–H groups in total. The lowest BCUT2D eigenvalue weighted by molar-refractivity contribution is 0.103. The van der Waals surface area contributed by atoms with Crippen molar-refractivity contribution in [3.8, 4) is 0 Å². The fourth-order valence-corrected chi connectivity index (χ4v) is 2.46. The molecule has 0 radical (unpaired) electrons. The van der Waals surface area contributed by atoms with Gasteiger partial charge in [0.05, 0.1) is 11.4 Å². The maximum atomic E-state index is 12.7. The third kappa shape index (κ3) is 3.40. The van der Waals surface area contributed by atoms with Crippen LogP contribution in [0.1, 0.15) is 15.9 Å². The highest BCUT2D eigenvalue weighted by Crippen LogP contribution is 2.25. The molecule has 0 aliphatic rings. The first-order valence-corrected chi connectivity index (χ1v) is 7.81. The van der Waals surface area contributed by atoms with Crippen LogP contribution in [0.3, 0.4) is 0 Å². The van der Waals surface area contributed by atoms with Crippen molar-refractivity contribution < 1.29 is 4.79 Å². The number of ketones is 1. The second-order valence-corrected chi connectivity index (χ2v) is 5.86. The number of carbonyl (C=O) groups excluding carboxylic acids is 1. The van der Waals surface area contributed by atoms with E-state index in [4.69, 9.17) is 5.73 Å². The van der Waals surface area contributed by atoms with Crippen molar-refractivity contribution in [2.75, 3.05) is 11.1 Å². The Bertz CT molecular complexity index is 847. The smallest absolute Gasteiger partial charge is 0.195 e. The Morgan fingerprint density at radius 1 is 1.00 bits per heavy atom. The Hall–Kier alpha value is -2.66. The topological polar surface area (TPSA) is 68.0 Å². The number of nitrogen functional groups attached to an aromatic ring is 1. The number of carbonyl (C=O) groups is 1. The van der Waals surface area contributed by atoms with Gasteiger partial charge < -0.3 is 11.1 Å². The van der Waals surface area contributed by atoms with E-state index in [1.54, 1.807) is 36.5 Å². The first kappa shape index (κ1) is 15.2. The summed E-state index contributed by atoms with van der Waals surface area (Å²) < 4.78 is 0.932. The SMILES string of the molecule is Nc1cccnc1Nc1ccccc1C(=O)c1ccc(Br)cc1. The van der Waals surface area contributed by atoms with Crippen LogP contribution in [-0.4, -0.2) is 10.8 Å². The van der Waals surface area contributed by atoms with E-state index in [-0.39, 0.29) is 5.78 Å². The summed E-state index contributed by atoms with van der Waals surface area (Å²) in [5.74, 6) is 0.471. The highest BCUT2D eigenvalue weighted by molar-refractivity contribution is 9.10. The van der Waals surface area contributed by atoms with E-state index in [0.29, 0.717) is 28.3 Å². The summed E-state index contributed by atoms with van der Waals surface area (Å²) in [5.41, 5.74) is 8.30. The Morgan fingerprint density at radius 2 is 1.74 bits per heavy atom. The van der Waals surface area contributed by atoms with Crippen molar-refractivity contribution in [2.24, 2.45) is 0 Å². The summed E-state index contributed by atoms with van der Waals surface area (Å²) in [7, 11) is 0. The molecule has 0 aliphatic carbocycles. The minimum absolute atomic E-state index is 0.0601. The van der Waals surface area contributed by atoms with Gasteiger partial charge in [-0.15, -0.1) is 0 Å². The fourth-order valence-electron chi connectivity index (χ4n) is 2.20. The molecule has 0 amide bonds. The third-order valence-corrected chi connectivity index (χ3v) is 3.90. The molecular weight excluding hydrogens is 354 g/mol. The second kappa shape index (κ2) is 6.62. The van der Waals surface area contributed by atoms with Gasteiger partial charge in [-0.25, -0.2) is 4.98 Å². The molecule has 0 atom stereocenters. The van der Waals surface area contributed by atoms with Crippen LogP contribution in [0.5, 0.6) is 0 Å². The molecule has 23 heavy (non-hydrogen) atoms. The first-order chi connectivity index (χ1) is 11.1. The molecule has 1 heterocycles. The molecule has 5 heteroatoms. The number of nitrogens with zero attached hydrogens (tertiary/aromatic N) is 1. The molecule has 0 aliphatic heterocycles. The van der Waals surface area contributed by atoms with Crippen LogP contribution in [0, 0.1) is 0 Å². The molecule has 0 bridgehead atoms. The average Bonchev–Trinajstić information content (AvgIpc) is 2.57. The van der Waals surface area contributed by atoms with E-state index in [1.165, 1.54) is 0 Å². The van der Waals surface area contributed by atoms with E-state index in [9.17, 15) is 4.79 Å². The second-order valence-electron chi connectivity index (χ2n) is 4.95. The number of pyridine rings is 1.